The van der Waals surface area contributed by atoms with Gasteiger partial charge in [0.25, 0.3) is 0 Å². The number of benzene rings is 2. The van der Waals surface area contributed by atoms with Crippen molar-refractivity contribution in [2.45, 2.75) is 13.8 Å². The number of nitrogens with one attached hydrogen (secondary N) is 1. The van der Waals surface area contributed by atoms with Gasteiger partial charge in [-0.3, -0.25) is 4.79 Å². The van der Waals surface area contributed by atoms with Crippen molar-refractivity contribution in [3.05, 3.63) is 59.7 Å². The molecule has 0 saturated heterocycles. The van der Waals surface area contributed by atoms with Crippen LogP contribution in [0.1, 0.15) is 21.8 Å². The number of hydrogen-bond donors (Lipinski definition) is 2. The van der Waals surface area contributed by atoms with Gasteiger partial charge in [-0.1, -0.05) is 17.3 Å². The number of aryl methyl sites for hydroxylation is 2. The van der Waals surface area contributed by atoms with Crippen LogP contribution in [0.25, 0.3) is 33.3 Å². The molecule has 0 radical (unpaired) electrons. The number of primary amides is 1. The number of imidazole rings is 1. The molecule has 2 aromatic carbocycles. The van der Waals surface area contributed by atoms with Crippen molar-refractivity contribution in [1.82, 2.24) is 15.1 Å². The number of amides is 1. The van der Waals surface area contributed by atoms with Crippen molar-refractivity contribution in [2.75, 3.05) is 0 Å². The monoisotopic (exact) mass is 332 g/mol. The second-order valence-corrected chi connectivity index (χ2v) is 5.97. The predicted octanol–water partition coefficient (Wildman–Crippen LogP) is 3.60. The molecular formula is C19H16N4O2. The molecule has 0 bridgehead atoms. The summed E-state index contributed by atoms with van der Waals surface area (Å²) < 4.78 is 5.30. The summed E-state index contributed by atoms with van der Waals surface area (Å²) in [6.07, 6.45) is 1.66. The Morgan fingerprint density at radius 2 is 2.00 bits per heavy atom. The maximum atomic E-state index is 11.5. The predicted molar refractivity (Wildman–Crippen MR) is 95.0 cm³/mol. The van der Waals surface area contributed by atoms with Gasteiger partial charge in [0, 0.05) is 16.7 Å². The number of fused-ring (bicyclic) bond motifs is 1. The van der Waals surface area contributed by atoms with Gasteiger partial charge in [0.05, 0.1) is 23.1 Å². The maximum Gasteiger partial charge on any atom is 0.248 e. The van der Waals surface area contributed by atoms with Crippen LogP contribution >= 0.6 is 0 Å². The molecule has 6 nitrogen and oxygen atoms in total. The first-order valence-corrected chi connectivity index (χ1v) is 7.85. The molecule has 25 heavy (non-hydrogen) atoms. The third kappa shape index (κ3) is 2.48. The molecule has 0 fully saturated rings. The van der Waals surface area contributed by atoms with E-state index in [1.165, 1.54) is 0 Å². The van der Waals surface area contributed by atoms with E-state index >= 15 is 0 Å². The van der Waals surface area contributed by atoms with E-state index in [1.807, 2.05) is 38.1 Å². The van der Waals surface area contributed by atoms with E-state index in [-0.39, 0.29) is 0 Å². The zero-order valence-corrected chi connectivity index (χ0v) is 13.8. The number of nitrogens with two attached hydrogens (primary N) is 1. The largest absolute Gasteiger partial charge is 0.366 e. The Bertz CT molecular complexity index is 1090. The SMILES string of the molecule is Cc1noc(C)c1-c1cc(-c2cccc(C(N)=O)c2)c2nc[nH]c2c1. The fourth-order valence-corrected chi connectivity index (χ4v) is 3.15. The highest BCUT2D eigenvalue weighted by Crippen LogP contribution is 2.35. The lowest BCUT2D eigenvalue weighted by atomic mass is 9.95. The lowest BCUT2D eigenvalue weighted by Gasteiger charge is -2.08. The molecule has 0 saturated carbocycles. The van der Waals surface area contributed by atoms with Crippen molar-refractivity contribution in [3.63, 3.8) is 0 Å². The number of rotatable bonds is 3. The normalized spacial score (nSPS) is 11.1. The Kier molecular flexibility index (Phi) is 3.39. The Morgan fingerprint density at radius 3 is 2.72 bits per heavy atom. The molecular weight excluding hydrogens is 316 g/mol. The van der Waals surface area contributed by atoms with Gasteiger partial charge in [-0.2, -0.15) is 0 Å². The van der Waals surface area contributed by atoms with Crippen LogP contribution in [-0.2, 0) is 0 Å². The van der Waals surface area contributed by atoms with E-state index in [9.17, 15) is 4.79 Å². The summed E-state index contributed by atoms with van der Waals surface area (Å²) in [5, 5.41) is 4.04. The molecule has 0 aliphatic rings. The minimum Gasteiger partial charge on any atom is -0.366 e. The number of nitrogens with zero attached hydrogens (tertiary/aromatic N) is 2. The second-order valence-electron chi connectivity index (χ2n) is 5.97. The minimum absolute atomic E-state index is 0.456. The standard InChI is InChI=1S/C19H16N4O2/c1-10-17(11(2)25-23-10)14-7-15(18-16(8-14)21-9-22-18)12-4-3-5-13(6-12)19(20)24/h3-9H,1-2H3,(H2,20,24)(H,21,22). The average molecular weight is 332 g/mol. The Morgan fingerprint density at radius 1 is 1.16 bits per heavy atom. The van der Waals surface area contributed by atoms with Crippen LogP contribution in [0.4, 0.5) is 0 Å². The second kappa shape index (κ2) is 5.59. The molecule has 1 amide bonds. The highest BCUT2D eigenvalue weighted by atomic mass is 16.5. The summed E-state index contributed by atoms with van der Waals surface area (Å²) in [6, 6.07) is 11.3. The van der Waals surface area contributed by atoms with E-state index in [4.69, 9.17) is 10.3 Å². The smallest absolute Gasteiger partial charge is 0.248 e. The van der Waals surface area contributed by atoms with Crippen molar-refractivity contribution >= 4 is 16.9 Å². The number of carbonyl (C=O) groups is 1. The molecule has 6 heteroatoms. The number of aromatic nitrogens is 3. The summed E-state index contributed by atoms with van der Waals surface area (Å²) in [7, 11) is 0. The first-order valence-electron chi connectivity index (χ1n) is 7.85. The van der Waals surface area contributed by atoms with Crippen LogP contribution in [0.3, 0.4) is 0 Å². The van der Waals surface area contributed by atoms with Gasteiger partial charge in [-0.05, 0) is 49.2 Å². The molecule has 4 aromatic rings. The van der Waals surface area contributed by atoms with E-state index in [2.05, 4.69) is 15.1 Å². The quantitative estimate of drug-likeness (QED) is 0.599. The van der Waals surface area contributed by atoms with Gasteiger partial charge in [0.2, 0.25) is 5.91 Å². The Hall–Kier alpha value is -3.41. The number of carbonyl (C=O) groups excluding carboxylic acids is 1. The zero-order valence-electron chi connectivity index (χ0n) is 13.8. The van der Waals surface area contributed by atoms with Crippen LogP contribution < -0.4 is 5.73 Å². The Labute approximate surface area is 143 Å². The molecule has 2 heterocycles. The average Bonchev–Trinajstić information content (AvgIpc) is 3.20. The first-order chi connectivity index (χ1) is 12.0. The van der Waals surface area contributed by atoms with Gasteiger partial charge >= 0.3 is 0 Å². The first kappa shape index (κ1) is 15.1. The van der Waals surface area contributed by atoms with Gasteiger partial charge < -0.3 is 15.2 Å². The van der Waals surface area contributed by atoms with Gasteiger partial charge in [-0.25, -0.2) is 4.98 Å². The van der Waals surface area contributed by atoms with Crippen molar-refractivity contribution in [1.29, 1.82) is 0 Å². The third-order valence-electron chi connectivity index (χ3n) is 4.30. The van der Waals surface area contributed by atoms with E-state index in [0.717, 1.165) is 44.7 Å². The van der Waals surface area contributed by atoms with Crippen LogP contribution in [0.15, 0.2) is 47.2 Å². The zero-order chi connectivity index (χ0) is 17.6. The molecule has 0 aliphatic heterocycles. The lowest BCUT2D eigenvalue weighted by molar-refractivity contribution is 0.100. The number of hydrogen-bond acceptors (Lipinski definition) is 4. The van der Waals surface area contributed by atoms with Crippen LogP contribution in [0.2, 0.25) is 0 Å². The molecule has 3 N–H and O–H groups in total. The third-order valence-corrected chi connectivity index (χ3v) is 4.30. The summed E-state index contributed by atoms with van der Waals surface area (Å²) in [6.45, 7) is 3.80. The molecule has 4 rings (SSSR count). The highest BCUT2D eigenvalue weighted by molar-refractivity contribution is 5.99. The summed E-state index contributed by atoms with van der Waals surface area (Å²) in [5.74, 6) is 0.301. The topological polar surface area (TPSA) is 97.8 Å². The fourth-order valence-electron chi connectivity index (χ4n) is 3.15. The fraction of sp³-hybridized carbons (Fsp3) is 0.105. The van der Waals surface area contributed by atoms with Crippen LogP contribution in [-0.4, -0.2) is 21.0 Å². The molecule has 2 aromatic heterocycles. The van der Waals surface area contributed by atoms with E-state index in [0.29, 0.717) is 5.56 Å². The summed E-state index contributed by atoms with van der Waals surface area (Å²) in [4.78, 5) is 19.1. The van der Waals surface area contributed by atoms with Gasteiger partial charge in [-0.15, -0.1) is 0 Å². The molecule has 0 atom stereocenters. The molecule has 124 valence electrons. The molecule has 0 spiro atoms. The van der Waals surface area contributed by atoms with Crippen LogP contribution in [0, 0.1) is 13.8 Å². The lowest BCUT2D eigenvalue weighted by Crippen LogP contribution is -2.10. The molecule has 0 aliphatic carbocycles. The summed E-state index contributed by atoms with van der Waals surface area (Å²) in [5.41, 5.74) is 12.2. The molecule has 0 unspecified atom stereocenters. The van der Waals surface area contributed by atoms with Gasteiger partial charge in [0.15, 0.2) is 0 Å². The maximum absolute atomic E-state index is 11.5. The van der Waals surface area contributed by atoms with Gasteiger partial charge in [0.1, 0.15) is 5.76 Å². The summed E-state index contributed by atoms with van der Waals surface area (Å²) >= 11 is 0. The highest BCUT2D eigenvalue weighted by Gasteiger charge is 2.16. The van der Waals surface area contributed by atoms with E-state index < -0.39 is 5.91 Å². The van der Waals surface area contributed by atoms with Crippen molar-refractivity contribution in [2.24, 2.45) is 5.73 Å². The van der Waals surface area contributed by atoms with Crippen LogP contribution in [0.5, 0.6) is 0 Å². The van der Waals surface area contributed by atoms with Crippen molar-refractivity contribution in [3.8, 4) is 22.3 Å². The minimum atomic E-state index is -0.456. The number of H-pyrrole nitrogens is 1. The number of aromatic amines is 1. The van der Waals surface area contributed by atoms with Crippen molar-refractivity contribution < 1.29 is 9.32 Å². The van der Waals surface area contributed by atoms with E-state index in [1.54, 1.807) is 18.5 Å². The Balaban J connectivity index is 1.99.